The van der Waals surface area contributed by atoms with E-state index < -0.39 is 0 Å². The van der Waals surface area contributed by atoms with Gasteiger partial charge in [-0.3, -0.25) is 51.9 Å². The van der Waals surface area contributed by atoms with Gasteiger partial charge in [0.25, 0.3) is 0 Å². The third kappa shape index (κ3) is 5.84. The molecule has 5 aliphatic heterocycles. The molecular weight excluding hydrogens is 582 g/mol. The Morgan fingerprint density at radius 2 is 0.349 bits per heavy atom. The van der Waals surface area contributed by atoms with Crippen LogP contribution in [-0.4, -0.2) is 49.3 Å². The Bertz CT molecular complexity index is 728. The van der Waals surface area contributed by atoms with Crippen LogP contribution in [0.2, 0.25) is 0 Å². The Kier molecular flexibility index (Phi) is 10.6. The summed E-state index contributed by atoms with van der Waals surface area (Å²) in [7, 11) is 0. The van der Waals surface area contributed by atoms with Gasteiger partial charge >= 0.3 is 0 Å². The van der Waals surface area contributed by atoms with E-state index in [0.717, 1.165) is 47.3 Å². The van der Waals surface area contributed by atoms with Gasteiger partial charge in [0.1, 0.15) is 0 Å². The summed E-state index contributed by atoms with van der Waals surface area (Å²) < 4.78 is 0. The van der Waals surface area contributed by atoms with E-state index >= 15 is 0 Å². The van der Waals surface area contributed by atoms with E-state index in [1.807, 2.05) is 0 Å². The third-order valence-corrected chi connectivity index (χ3v) is 13.8. The number of hydrogen-bond donors (Lipinski definition) is 8. The quantitative estimate of drug-likeness (QED) is 0.192. The normalized spacial score (nSPS) is 53.6. The maximum Gasteiger partial charge on any atom is 0.0628 e. The van der Waals surface area contributed by atoms with Crippen LogP contribution < -0.4 is 42.5 Å². The van der Waals surface area contributed by atoms with Crippen LogP contribution in [0.25, 0.3) is 0 Å². The molecule has 4 saturated carbocycles. The standard InChI is InChI=1S/C32H56N8.2FH.Ti/c1-2-10-18-17(9-1)25-33-26(18)38-28-21-13-5-6-14-22(21)30(35-28)40-32-24-16-8-7-15-23(24)31(36-32)39-29-20-12-4-3-11-19(20)27(34-29)37-25;;;/h17-40H,1-16H2;2*1H;. The Morgan fingerprint density at radius 1 is 0.233 bits per heavy atom. The molecule has 0 aromatic rings. The molecule has 8 atom stereocenters. The summed E-state index contributed by atoms with van der Waals surface area (Å²) in [5.74, 6) is 5.97. The van der Waals surface area contributed by atoms with Crippen LogP contribution in [0.3, 0.4) is 0 Å². The van der Waals surface area contributed by atoms with Gasteiger partial charge in [-0.1, -0.05) is 51.4 Å². The molecule has 5 heterocycles. The predicted octanol–water partition coefficient (Wildman–Crippen LogP) is 2.91. The fourth-order valence-corrected chi connectivity index (χ4v) is 12.0. The molecule has 9 fully saturated rings. The summed E-state index contributed by atoms with van der Waals surface area (Å²) in [6.45, 7) is 0. The molecule has 9 rings (SSSR count). The van der Waals surface area contributed by atoms with Crippen molar-refractivity contribution in [1.29, 1.82) is 0 Å². The molecule has 0 amide bonds. The van der Waals surface area contributed by atoms with Crippen LogP contribution in [0.1, 0.15) is 103 Å². The molecule has 8 N–H and O–H groups in total. The monoisotopic (exact) mass is 640 g/mol. The SMILES string of the molecule is C1CCC2C3NC(NC4NC(NC5NC(NC6NC(N3)C3CCCCC63)C3CCCCC53)C3CCCCC43)C2C1.F.F.[Ti]. The minimum absolute atomic E-state index is 0. The molecule has 0 spiro atoms. The Hall–Kier alpha value is 0.254. The van der Waals surface area contributed by atoms with Gasteiger partial charge in [0.05, 0.1) is 49.3 Å². The summed E-state index contributed by atoms with van der Waals surface area (Å²) in [4.78, 5) is 0. The van der Waals surface area contributed by atoms with Crippen LogP contribution in [0.4, 0.5) is 9.41 Å². The first-order chi connectivity index (χ1) is 19.8. The zero-order valence-corrected chi connectivity index (χ0v) is 27.4. The van der Waals surface area contributed by atoms with Gasteiger partial charge in [-0.25, -0.2) is 0 Å². The van der Waals surface area contributed by atoms with Gasteiger partial charge in [-0.2, -0.15) is 0 Å². The summed E-state index contributed by atoms with van der Waals surface area (Å²) in [6, 6.07) is 0. The number of nitrogens with one attached hydrogen (secondary N) is 8. The second-order valence-electron chi connectivity index (χ2n) is 15.6. The number of fused-ring (bicyclic) bond motifs is 20. The zero-order valence-electron chi connectivity index (χ0n) is 25.9. The summed E-state index contributed by atoms with van der Waals surface area (Å²) in [6.07, 6.45) is 25.6. The molecule has 8 unspecified atom stereocenters. The predicted molar refractivity (Wildman–Crippen MR) is 162 cm³/mol. The Balaban J connectivity index is 0.00000110. The molecule has 8 nitrogen and oxygen atoms in total. The van der Waals surface area contributed by atoms with Gasteiger partial charge in [0.2, 0.25) is 0 Å². The Morgan fingerprint density at radius 3 is 0.465 bits per heavy atom. The van der Waals surface area contributed by atoms with Crippen LogP contribution in [0.5, 0.6) is 0 Å². The minimum Gasteiger partial charge on any atom is -0.286 e. The average Bonchev–Trinajstić information content (AvgIpc) is 3.73. The van der Waals surface area contributed by atoms with E-state index in [1.165, 1.54) is 103 Å². The molecule has 43 heavy (non-hydrogen) atoms. The Labute approximate surface area is 272 Å². The topological polar surface area (TPSA) is 96.2 Å². The van der Waals surface area contributed by atoms with Crippen molar-refractivity contribution in [2.24, 2.45) is 47.3 Å². The maximum atomic E-state index is 4.26. The summed E-state index contributed by atoms with van der Waals surface area (Å²) >= 11 is 0. The molecular formula is C32H58F2N8Ti. The second-order valence-corrected chi connectivity index (χ2v) is 15.6. The van der Waals surface area contributed by atoms with E-state index in [1.54, 1.807) is 0 Å². The zero-order chi connectivity index (χ0) is 26.2. The van der Waals surface area contributed by atoms with Crippen molar-refractivity contribution in [3.63, 3.8) is 0 Å². The average molecular weight is 641 g/mol. The van der Waals surface area contributed by atoms with E-state index in [-0.39, 0.29) is 31.1 Å². The maximum absolute atomic E-state index is 4.26. The number of halogens is 2. The first-order valence-corrected chi connectivity index (χ1v) is 17.9. The van der Waals surface area contributed by atoms with Crippen LogP contribution in [0.15, 0.2) is 0 Å². The molecule has 244 valence electrons. The van der Waals surface area contributed by atoms with E-state index in [0.29, 0.717) is 49.3 Å². The van der Waals surface area contributed by atoms with Gasteiger partial charge in [0, 0.05) is 21.7 Å². The van der Waals surface area contributed by atoms with Crippen molar-refractivity contribution >= 4 is 0 Å². The molecule has 4 aliphatic carbocycles. The molecule has 5 saturated heterocycles. The van der Waals surface area contributed by atoms with Gasteiger partial charge < -0.3 is 0 Å². The fourth-order valence-electron chi connectivity index (χ4n) is 12.0. The number of hydrogen-bond acceptors (Lipinski definition) is 8. The van der Waals surface area contributed by atoms with Crippen molar-refractivity contribution in [2.75, 3.05) is 0 Å². The van der Waals surface area contributed by atoms with Crippen molar-refractivity contribution in [3.05, 3.63) is 0 Å². The van der Waals surface area contributed by atoms with E-state index in [9.17, 15) is 0 Å². The summed E-state index contributed by atoms with van der Waals surface area (Å²) in [5.41, 5.74) is 0. The summed E-state index contributed by atoms with van der Waals surface area (Å²) in [5, 5.41) is 33.8. The number of rotatable bonds is 0. The van der Waals surface area contributed by atoms with Crippen LogP contribution >= 0.6 is 0 Å². The van der Waals surface area contributed by atoms with Crippen molar-refractivity contribution in [2.45, 2.75) is 152 Å². The van der Waals surface area contributed by atoms with Crippen molar-refractivity contribution in [1.82, 2.24) is 42.5 Å². The smallest absolute Gasteiger partial charge is 0.0628 e. The molecule has 0 radical (unpaired) electrons. The van der Waals surface area contributed by atoms with Gasteiger partial charge in [-0.05, 0) is 98.7 Å². The minimum atomic E-state index is 0. The first-order valence-electron chi connectivity index (χ1n) is 17.9. The van der Waals surface area contributed by atoms with Crippen LogP contribution in [0, 0.1) is 47.3 Å². The molecule has 0 aromatic carbocycles. The third-order valence-electron chi connectivity index (χ3n) is 13.8. The van der Waals surface area contributed by atoms with Crippen molar-refractivity contribution in [3.8, 4) is 0 Å². The molecule has 11 heteroatoms. The van der Waals surface area contributed by atoms with Gasteiger partial charge in [0.15, 0.2) is 0 Å². The molecule has 9 aliphatic rings. The van der Waals surface area contributed by atoms with Crippen LogP contribution in [-0.2, 0) is 21.7 Å². The largest absolute Gasteiger partial charge is 0.286 e. The molecule has 0 aromatic heterocycles. The second kappa shape index (κ2) is 13.8. The molecule has 8 bridgehead atoms. The first kappa shape index (κ1) is 33.2. The van der Waals surface area contributed by atoms with E-state index in [4.69, 9.17) is 0 Å². The van der Waals surface area contributed by atoms with E-state index in [2.05, 4.69) is 42.5 Å². The fraction of sp³-hybridized carbons (Fsp3) is 1.00. The van der Waals surface area contributed by atoms with Crippen molar-refractivity contribution < 1.29 is 31.1 Å². The van der Waals surface area contributed by atoms with Gasteiger partial charge in [-0.15, -0.1) is 0 Å².